The summed E-state index contributed by atoms with van der Waals surface area (Å²) in [5, 5.41) is 1.03. The first-order chi connectivity index (χ1) is 16.2. The van der Waals surface area contributed by atoms with Gasteiger partial charge in [-0.15, -0.1) is 0 Å². The van der Waals surface area contributed by atoms with Gasteiger partial charge in [-0.2, -0.15) is 13.2 Å². The highest BCUT2D eigenvalue weighted by molar-refractivity contribution is 8.14. The molecule has 0 N–H and O–H groups in total. The standard InChI is InChI=1S/C26H34F3N3OS/c1-3-4-9-31-23(32(17(2)33)22-7-5-21(6-8-22)26(27,28)29)16-34-24(31)30-25-13-18-10-19(14-25)12-20(11-18)15-25/h5-8,18-20,23H,3-4,9-16H2,1-2H3. The molecule has 1 aromatic rings. The lowest BCUT2D eigenvalue weighted by atomic mass is 9.53. The quantitative estimate of drug-likeness (QED) is 0.450. The van der Waals surface area contributed by atoms with Crippen molar-refractivity contribution < 1.29 is 18.0 Å². The number of anilines is 1. The molecule has 8 heteroatoms. The second-order valence-electron chi connectivity index (χ2n) is 10.8. The van der Waals surface area contributed by atoms with Crippen LogP contribution in [0.2, 0.25) is 0 Å². The van der Waals surface area contributed by atoms with Crippen molar-refractivity contribution in [3.05, 3.63) is 29.8 Å². The molecule has 5 aliphatic rings. The molecule has 1 aromatic carbocycles. The second kappa shape index (κ2) is 9.07. The van der Waals surface area contributed by atoms with Crippen LogP contribution in [0.4, 0.5) is 18.9 Å². The van der Waals surface area contributed by atoms with E-state index in [1.165, 1.54) is 57.6 Å². The van der Waals surface area contributed by atoms with Crippen LogP contribution >= 0.6 is 11.8 Å². The first kappa shape index (κ1) is 24.0. The molecule has 1 heterocycles. The molecule has 1 atom stereocenters. The summed E-state index contributed by atoms with van der Waals surface area (Å²) < 4.78 is 39.2. The second-order valence-corrected chi connectivity index (χ2v) is 11.8. The van der Waals surface area contributed by atoms with Crippen LogP contribution in [-0.2, 0) is 11.0 Å². The van der Waals surface area contributed by atoms with Crippen LogP contribution in [-0.4, -0.2) is 40.0 Å². The van der Waals surface area contributed by atoms with Gasteiger partial charge in [0.1, 0.15) is 6.17 Å². The van der Waals surface area contributed by atoms with Gasteiger partial charge in [-0.1, -0.05) is 25.1 Å². The van der Waals surface area contributed by atoms with Gasteiger partial charge in [0.25, 0.3) is 0 Å². The SMILES string of the molecule is CCCCN1C(=NC23CC4CC(CC(C4)C2)C3)SCC1N(C(C)=O)c1ccc(C(F)(F)F)cc1. The van der Waals surface area contributed by atoms with Crippen LogP contribution in [0.3, 0.4) is 0 Å². The largest absolute Gasteiger partial charge is 0.416 e. The van der Waals surface area contributed by atoms with Crippen molar-refractivity contribution in [1.82, 2.24) is 4.90 Å². The van der Waals surface area contributed by atoms with Crippen LogP contribution in [0.5, 0.6) is 0 Å². The van der Waals surface area contributed by atoms with Crippen molar-refractivity contribution in [3.8, 4) is 0 Å². The summed E-state index contributed by atoms with van der Waals surface area (Å²) in [4.78, 5) is 22.1. The third-order valence-corrected chi connectivity index (χ3v) is 9.22. The number of aliphatic imine (C=N–C) groups is 1. The average molecular weight is 494 g/mol. The van der Waals surface area contributed by atoms with Crippen molar-refractivity contribution in [1.29, 1.82) is 0 Å². The summed E-state index contributed by atoms with van der Waals surface area (Å²) in [6, 6.07) is 4.96. The fraction of sp³-hybridized carbons (Fsp3) is 0.692. The van der Waals surface area contributed by atoms with E-state index in [-0.39, 0.29) is 17.6 Å². The fourth-order valence-electron chi connectivity index (χ4n) is 7.11. The van der Waals surface area contributed by atoms with Crippen molar-refractivity contribution in [2.45, 2.75) is 83.1 Å². The lowest BCUT2D eigenvalue weighted by molar-refractivity contribution is -0.137. The minimum Gasteiger partial charge on any atom is -0.330 e. The normalized spacial score (nSPS) is 33.7. The minimum atomic E-state index is -4.40. The molecule has 0 radical (unpaired) electrons. The number of carbonyl (C=O) groups is 1. The van der Waals surface area contributed by atoms with E-state index in [0.717, 1.165) is 54.4 Å². The Morgan fingerprint density at radius 2 is 1.71 bits per heavy atom. The molecule has 1 amide bonds. The maximum atomic E-state index is 13.1. The predicted molar refractivity (Wildman–Crippen MR) is 131 cm³/mol. The smallest absolute Gasteiger partial charge is 0.330 e. The van der Waals surface area contributed by atoms with E-state index in [2.05, 4.69) is 11.8 Å². The van der Waals surface area contributed by atoms with Gasteiger partial charge in [0.15, 0.2) is 5.17 Å². The van der Waals surface area contributed by atoms with E-state index >= 15 is 0 Å². The Labute approximate surface area is 204 Å². The molecule has 0 spiro atoms. The van der Waals surface area contributed by atoms with Crippen LogP contribution in [0.15, 0.2) is 29.3 Å². The number of amidine groups is 1. The highest BCUT2D eigenvalue weighted by atomic mass is 32.2. The van der Waals surface area contributed by atoms with E-state index in [1.54, 1.807) is 16.7 Å². The molecule has 6 rings (SSSR count). The third kappa shape index (κ3) is 4.59. The number of thioether (sulfide) groups is 1. The number of halogens is 3. The summed E-state index contributed by atoms with van der Waals surface area (Å²) in [5.74, 6) is 2.94. The van der Waals surface area contributed by atoms with Gasteiger partial charge >= 0.3 is 6.18 Å². The number of hydrogen-bond acceptors (Lipinski definition) is 3. The molecule has 4 saturated carbocycles. The monoisotopic (exact) mass is 493 g/mol. The highest BCUT2D eigenvalue weighted by Gasteiger charge is 2.52. The van der Waals surface area contributed by atoms with E-state index in [1.807, 2.05) is 0 Å². The fourth-order valence-corrected chi connectivity index (χ4v) is 8.38. The summed E-state index contributed by atoms with van der Waals surface area (Å²) in [5.41, 5.74) is -0.151. The van der Waals surface area contributed by atoms with Gasteiger partial charge in [-0.05, 0) is 87.0 Å². The van der Waals surface area contributed by atoms with Crippen LogP contribution in [0.25, 0.3) is 0 Å². The topological polar surface area (TPSA) is 35.9 Å². The van der Waals surface area contributed by atoms with Gasteiger partial charge in [-0.3, -0.25) is 14.7 Å². The van der Waals surface area contributed by atoms with Crippen molar-refractivity contribution >= 4 is 28.5 Å². The first-order valence-electron chi connectivity index (χ1n) is 12.6. The molecular weight excluding hydrogens is 459 g/mol. The Hall–Kier alpha value is -1.70. The molecule has 186 valence electrons. The molecular formula is C26H34F3N3OS. The number of benzene rings is 1. The Kier molecular flexibility index (Phi) is 6.40. The molecule has 1 saturated heterocycles. The molecule has 5 fully saturated rings. The van der Waals surface area contributed by atoms with Crippen LogP contribution in [0, 0.1) is 17.8 Å². The maximum absolute atomic E-state index is 13.1. The zero-order chi connectivity index (χ0) is 24.1. The molecule has 4 nitrogen and oxygen atoms in total. The van der Waals surface area contributed by atoms with Crippen LogP contribution in [0.1, 0.15) is 70.8 Å². The Bertz CT molecular complexity index is 910. The van der Waals surface area contributed by atoms with E-state index in [0.29, 0.717) is 11.4 Å². The average Bonchev–Trinajstić information content (AvgIpc) is 3.12. The Balaban J connectivity index is 1.43. The summed E-state index contributed by atoms with van der Waals surface area (Å²) in [6.07, 6.45) is 5.03. The molecule has 1 aliphatic heterocycles. The van der Waals surface area contributed by atoms with Gasteiger partial charge in [-0.25, -0.2) is 0 Å². The number of rotatable bonds is 6. The number of amides is 1. The third-order valence-electron chi connectivity index (χ3n) is 8.17. The summed E-state index contributed by atoms with van der Waals surface area (Å²) in [6.45, 7) is 4.44. The number of hydrogen-bond donors (Lipinski definition) is 0. The van der Waals surface area contributed by atoms with Gasteiger partial charge in [0.05, 0.1) is 11.1 Å². The van der Waals surface area contributed by atoms with Gasteiger partial charge < -0.3 is 4.90 Å². The van der Waals surface area contributed by atoms with Crippen molar-refractivity contribution in [2.24, 2.45) is 22.7 Å². The molecule has 0 aromatic heterocycles. The molecule has 4 aliphatic carbocycles. The maximum Gasteiger partial charge on any atom is 0.416 e. The van der Waals surface area contributed by atoms with Gasteiger partial charge in [0.2, 0.25) is 5.91 Å². The highest BCUT2D eigenvalue weighted by Crippen LogP contribution is 2.57. The number of carbonyl (C=O) groups excluding carboxylic acids is 1. The zero-order valence-electron chi connectivity index (χ0n) is 20.0. The minimum absolute atomic E-state index is 0.0475. The van der Waals surface area contributed by atoms with Gasteiger partial charge in [0, 0.05) is 24.9 Å². The Morgan fingerprint density at radius 3 is 2.21 bits per heavy atom. The van der Waals surface area contributed by atoms with E-state index in [4.69, 9.17) is 4.99 Å². The first-order valence-corrected chi connectivity index (χ1v) is 13.6. The van der Waals surface area contributed by atoms with Crippen molar-refractivity contribution in [3.63, 3.8) is 0 Å². The number of nitrogens with zero attached hydrogens (tertiary/aromatic N) is 3. The molecule has 1 unspecified atom stereocenters. The summed E-state index contributed by atoms with van der Waals surface area (Å²) >= 11 is 1.71. The summed E-state index contributed by atoms with van der Waals surface area (Å²) in [7, 11) is 0. The molecule has 34 heavy (non-hydrogen) atoms. The number of unbranched alkanes of at least 4 members (excludes halogenated alkanes) is 1. The lowest BCUT2D eigenvalue weighted by Crippen LogP contribution is -2.52. The van der Waals surface area contributed by atoms with E-state index < -0.39 is 11.7 Å². The van der Waals surface area contributed by atoms with Crippen molar-refractivity contribution in [2.75, 3.05) is 17.2 Å². The van der Waals surface area contributed by atoms with Crippen LogP contribution < -0.4 is 4.90 Å². The zero-order valence-corrected chi connectivity index (χ0v) is 20.8. The number of alkyl halides is 3. The lowest BCUT2D eigenvalue weighted by Gasteiger charge is -2.55. The van der Waals surface area contributed by atoms with E-state index in [9.17, 15) is 18.0 Å². The Morgan fingerprint density at radius 1 is 1.12 bits per heavy atom. The molecule has 4 bridgehead atoms. The predicted octanol–water partition coefficient (Wildman–Crippen LogP) is 6.56.